The predicted octanol–water partition coefficient (Wildman–Crippen LogP) is 4.07. The highest BCUT2D eigenvalue weighted by Crippen LogP contribution is 2.38. The minimum atomic E-state index is -0.900. The first-order valence-corrected chi connectivity index (χ1v) is 7.20. The molecule has 21 heavy (non-hydrogen) atoms. The standard InChI is InChI=1S/C16H10F2O2S/c17-9-5-6-10(12(18)7-9)16(20)15-11-3-1-2-4-14(11)21-8-13(15)19/h1-7,20H,8H2/b16-15-. The number of aliphatic hydroxyl groups excluding tert-OH is 1. The number of aliphatic hydroxyl groups is 1. The van der Waals surface area contributed by atoms with E-state index in [1.807, 2.05) is 12.1 Å². The van der Waals surface area contributed by atoms with Gasteiger partial charge in [0.1, 0.15) is 17.4 Å². The molecule has 2 aromatic rings. The molecule has 0 aliphatic carbocycles. The SMILES string of the molecule is O=C1CSc2ccccc2/C1=C(/O)c1ccc(F)cc1F. The second-order valence-electron chi connectivity index (χ2n) is 4.56. The summed E-state index contributed by atoms with van der Waals surface area (Å²) in [6.07, 6.45) is 0. The monoisotopic (exact) mass is 304 g/mol. The maximum Gasteiger partial charge on any atom is 0.177 e. The summed E-state index contributed by atoms with van der Waals surface area (Å²) in [7, 11) is 0. The van der Waals surface area contributed by atoms with Crippen molar-refractivity contribution in [3.05, 3.63) is 65.2 Å². The lowest BCUT2D eigenvalue weighted by Gasteiger charge is -2.19. The van der Waals surface area contributed by atoms with Crippen LogP contribution in [0.25, 0.3) is 11.3 Å². The summed E-state index contributed by atoms with van der Waals surface area (Å²) in [5.74, 6) is -2.19. The zero-order chi connectivity index (χ0) is 15.0. The second kappa shape index (κ2) is 5.33. The zero-order valence-corrected chi connectivity index (χ0v) is 11.6. The van der Waals surface area contributed by atoms with Gasteiger partial charge in [-0.05, 0) is 18.2 Å². The molecule has 0 spiro atoms. The molecule has 0 radical (unpaired) electrons. The molecule has 0 bridgehead atoms. The Balaban J connectivity index is 2.23. The molecule has 2 aromatic carbocycles. The average Bonchev–Trinajstić information content (AvgIpc) is 2.46. The summed E-state index contributed by atoms with van der Waals surface area (Å²) < 4.78 is 26.8. The van der Waals surface area contributed by atoms with Gasteiger partial charge in [-0.3, -0.25) is 4.79 Å². The van der Waals surface area contributed by atoms with Crippen LogP contribution in [0.15, 0.2) is 47.4 Å². The number of Topliss-reactive ketones (excluding diaryl/α,β-unsaturated/α-hetero) is 1. The van der Waals surface area contributed by atoms with Crippen molar-refractivity contribution in [3.63, 3.8) is 0 Å². The van der Waals surface area contributed by atoms with E-state index in [0.717, 1.165) is 17.0 Å². The normalized spacial score (nSPS) is 16.6. The van der Waals surface area contributed by atoms with Crippen molar-refractivity contribution in [3.8, 4) is 0 Å². The van der Waals surface area contributed by atoms with Crippen LogP contribution in [0, 0.1) is 11.6 Å². The van der Waals surface area contributed by atoms with Crippen molar-refractivity contribution in [2.75, 3.05) is 5.75 Å². The van der Waals surface area contributed by atoms with E-state index >= 15 is 0 Å². The molecule has 0 aromatic heterocycles. The largest absolute Gasteiger partial charge is 0.506 e. The number of rotatable bonds is 1. The topological polar surface area (TPSA) is 37.3 Å². The lowest BCUT2D eigenvalue weighted by Crippen LogP contribution is -2.13. The van der Waals surface area contributed by atoms with E-state index in [4.69, 9.17) is 0 Å². The summed E-state index contributed by atoms with van der Waals surface area (Å²) >= 11 is 1.37. The van der Waals surface area contributed by atoms with Crippen LogP contribution >= 0.6 is 11.8 Å². The van der Waals surface area contributed by atoms with E-state index in [1.54, 1.807) is 12.1 Å². The van der Waals surface area contributed by atoms with Gasteiger partial charge in [0.15, 0.2) is 5.78 Å². The Kier molecular flexibility index (Phi) is 3.51. The summed E-state index contributed by atoms with van der Waals surface area (Å²) in [5, 5.41) is 10.3. The Morgan fingerprint density at radius 2 is 1.90 bits per heavy atom. The predicted molar refractivity (Wildman–Crippen MR) is 78.0 cm³/mol. The van der Waals surface area contributed by atoms with Crippen LogP contribution in [0.1, 0.15) is 11.1 Å². The summed E-state index contributed by atoms with van der Waals surface area (Å²) in [4.78, 5) is 13.0. The quantitative estimate of drug-likeness (QED) is 0.637. The third kappa shape index (κ3) is 2.45. The highest BCUT2D eigenvalue weighted by Gasteiger charge is 2.26. The van der Waals surface area contributed by atoms with Gasteiger partial charge in [-0.2, -0.15) is 0 Å². The van der Waals surface area contributed by atoms with Crippen LogP contribution in [-0.4, -0.2) is 16.6 Å². The van der Waals surface area contributed by atoms with E-state index in [9.17, 15) is 18.7 Å². The first kappa shape index (κ1) is 13.8. The molecule has 1 aliphatic heterocycles. The molecule has 0 unspecified atom stereocenters. The Morgan fingerprint density at radius 3 is 2.67 bits per heavy atom. The minimum Gasteiger partial charge on any atom is -0.506 e. The molecule has 0 saturated heterocycles. The third-order valence-electron chi connectivity index (χ3n) is 3.22. The highest BCUT2D eigenvalue weighted by molar-refractivity contribution is 8.00. The highest BCUT2D eigenvalue weighted by atomic mass is 32.2. The fraction of sp³-hybridized carbons (Fsp3) is 0.0625. The van der Waals surface area contributed by atoms with Crippen molar-refractivity contribution >= 4 is 28.9 Å². The molecule has 3 rings (SSSR count). The van der Waals surface area contributed by atoms with Crippen LogP contribution in [0.2, 0.25) is 0 Å². The van der Waals surface area contributed by atoms with E-state index in [1.165, 1.54) is 11.8 Å². The van der Waals surface area contributed by atoms with Crippen molar-refractivity contribution < 1.29 is 18.7 Å². The molecular formula is C16H10F2O2S. The van der Waals surface area contributed by atoms with Crippen LogP contribution in [0.5, 0.6) is 0 Å². The van der Waals surface area contributed by atoms with Gasteiger partial charge in [-0.15, -0.1) is 11.8 Å². The van der Waals surface area contributed by atoms with Crippen LogP contribution in [0.3, 0.4) is 0 Å². The third-order valence-corrected chi connectivity index (χ3v) is 4.29. The molecule has 0 fully saturated rings. The molecule has 1 aliphatic rings. The molecule has 2 nitrogen and oxygen atoms in total. The number of thioether (sulfide) groups is 1. The number of carbonyl (C=O) groups is 1. The molecule has 1 N–H and O–H groups in total. The number of benzene rings is 2. The first-order chi connectivity index (χ1) is 10.1. The van der Waals surface area contributed by atoms with E-state index in [2.05, 4.69) is 0 Å². The van der Waals surface area contributed by atoms with Crippen molar-refractivity contribution in [1.82, 2.24) is 0 Å². The van der Waals surface area contributed by atoms with Gasteiger partial charge in [-0.25, -0.2) is 8.78 Å². The fourth-order valence-corrected chi connectivity index (χ4v) is 3.17. The molecule has 1 heterocycles. The number of ketones is 1. The second-order valence-corrected chi connectivity index (χ2v) is 5.57. The number of carbonyl (C=O) groups excluding carboxylic acids is 1. The number of hydrogen-bond donors (Lipinski definition) is 1. The molecular weight excluding hydrogens is 294 g/mol. The van der Waals surface area contributed by atoms with Crippen LogP contribution in [-0.2, 0) is 4.79 Å². The Morgan fingerprint density at radius 1 is 1.14 bits per heavy atom. The van der Waals surface area contributed by atoms with Gasteiger partial charge in [-0.1, -0.05) is 18.2 Å². The summed E-state index contributed by atoms with van der Waals surface area (Å²) in [6.45, 7) is 0. The van der Waals surface area contributed by atoms with Gasteiger partial charge in [0.25, 0.3) is 0 Å². The number of halogens is 2. The van der Waals surface area contributed by atoms with E-state index < -0.39 is 17.4 Å². The first-order valence-electron chi connectivity index (χ1n) is 6.22. The van der Waals surface area contributed by atoms with Crippen LogP contribution in [0.4, 0.5) is 8.78 Å². The molecule has 106 valence electrons. The molecule has 5 heteroatoms. The molecule has 0 saturated carbocycles. The Hall–Kier alpha value is -2.14. The maximum atomic E-state index is 13.8. The minimum absolute atomic E-state index is 0.0786. The lowest BCUT2D eigenvalue weighted by atomic mass is 9.97. The smallest absolute Gasteiger partial charge is 0.177 e. The Labute approximate surface area is 124 Å². The van der Waals surface area contributed by atoms with Crippen molar-refractivity contribution in [2.45, 2.75) is 4.90 Å². The van der Waals surface area contributed by atoms with Gasteiger partial charge in [0, 0.05) is 16.5 Å². The van der Waals surface area contributed by atoms with Gasteiger partial charge in [0.05, 0.1) is 16.9 Å². The van der Waals surface area contributed by atoms with E-state index in [-0.39, 0.29) is 22.7 Å². The summed E-state index contributed by atoms with van der Waals surface area (Å²) in [6, 6.07) is 9.96. The van der Waals surface area contributed by atoms with Crippen molar-refractivity contribution in [1.29, 1.82) is 0 Å². The average molecular weight is 304 g/mol. The van der Waals surface area contributed by atoms with Gasteiger partial charge >= 0.3 is 0 Å². The fourth-order valence-electron chi connectivity index (χ4n) is 2.24. The van der Waals surface area contributed by atoms with Gasteiger partial charge < -0.3 is 5.11 Å². The summed E-state index contributed by atoms with van der Waals surface area (Å²) in [5.41, 5.74) is 0.469. The van der Waals surface area contributed by atoms with Crippen LogP contribution < -0.4 is 0 Å². The van der Waals surface area contributed by atoms with E-state index in [0.29, 0.717) is 11.6 Å². The van der Waals surface area contributed by atoms with Gasteiger partial charge in [0.2, 0.25) is 0 Å². The van der Waals surface area contributed by atoms with Crippen molar-refractivity contribution in [2.24, 2.45) is 0 Å². The number of fused-ring (bicyclic) bond motifs is 1. The number of allylic oxidation sites excluding steroid dienone is 1. The Bertz CT molecular complexity index is 769. The maximum absolute atomic E-state index is 13.8. The molecule has 0 atom stereocenters. The number of hydrogen-bond acceptors (Lipinski definition) is 3. The lowest BCUT2D eigenvalue weighted by molar-refractivity contribution is -0.111. The molecule has 0 amide bonds. The zero-order valence-electron chi connectivity index (χ0n) is 10.8.